The van der Waals surface area contributed by atoms with Crippen LogP contribution < -0.4 is 4.90 Å². The molecule has 1 aliphatic rings. The van der Waals surface area contributed by atoms with Gasteiger partial charge in [0.25, 0.3) is 0 Å². The molecule has 0 atom stereocenters. The standard InChI is InChI=1S/C18H23ClN2O4S3/c1-3-12-27(22,23)18-20-16(17(26-18)21-10-8-13(2)9-11-21)28(24,25)15-6-4-14(19)5-7-15/h4-7,13H,3,8-12H2,1-2H3. The molecule has 0 unspecified atom stereocenters. The lowest BCUT2D eigenvalue weighted by Crippen LogP contribution is -2.33. The van der Waals surface area contributed by atoms with E-state index in [2.05, 4.69) is 11.9 Å². The minimum atomic E-state index is -3.97. The van der Waals surface area contributed by atoms with Crippen molar-refractivity contribution in [2.75, 3.05) is 23.7 Å². The SMILES string of the molecule is CCCS(=O)(=O)c1nc(S(=O)(=O)c2ccc(Cl)cc2)c(N2CCC(C)CC2)s1. The van der Waals surface area contributed by atoms with Gasteiger partial charge in [-0.2, -0.15) is 0 Å². The highest BCUT2D eigenvalue weighted by atomic mass is 35.5. The maximum atomic E-state index is 13.3. The van der Waals surface area contributed by atoms with Crippen LogP contribution in [0.3, 0.4) is 0 Å². The fourth-order valence-electron chi connectivity index (χ4n) is 3.08. The minimum Gasteiger partial charge on any atom is -0.361 e. The molecule has 0 spiro atoms. The van der Waals surface area contributed by atoms with Gasteiger partial charge in [-0.05, 0) is 49.4 Å². The van der Waals surface area contributed by atoms with Gasteiger partial charge < -0.3 is 4.90 Å². The van der Waals surface area contributed by atoms with Crippen LogP contribution in [0.5, 0.6) is 0 Å². The van der Waals surface area contributed by atoms with Gasteiger partial charge in [-0.3, -0.25) is 0 Å². The fourth-order valence-corrected chi connectivity index (χ4v) is 7.75. The van der Waals surface area contributed by atoms with Gasteiger partial charge in [0.05, 0.1) is 10.6 Å². The van der Waals surface area contributed by atoms with Crippen molar-refractivity contribution in [2.24, 2.45) is 5.92 Å². The van der Waals surface area contributed by atoms with Gasteiger partial charge in [-0.1, -0.05) is 36.8 Å². The van der Waals surface area contributed by atoms with E-state index in [4.69, 9.17) is 11.6 Å². The van der Waals surface area contributed by atoms with Gasteiger partial charge in [-0.25, -0.2) is 21.8 Å². The third-order valence-corrected chi connectivity index (χ3v) is 10.3. The molecule has 3 rings (SSSR count). The van der Waals surface area contributed by atoms with Gasteiger partial charge >= 0.3 is 0 Å². The molecule has 1 fully saturated rings. The Kier molecular flexibility index (Phi) is 6.38. The van der Waals surface area contributed by atoms with Crippen molar-refractivity contribution in [1.29, 1.82) is 0 Å². The molecule has 1 aromatic carbocycles. The summed E-state index contributed by atoms with van der Waals surface area (Å²) in [6.07, 6.45) is 2.29. The van der Waals surface area contributed by atoms with Crippen molar-refractivity contribution in [2.45, 2.75) is 47.4 Å². The molecule has 6 nitrogen and oxygen atoms in total. The summed E-state index contributed by atoms with van der Waals surface area (Å²) in [5, 5.41) is 0.661. The zero-order chi connectivity index (χ0) is 20.5. The number of hydrogen-bond acceptors (Lipinski definition) is 7. The van der Waals surface area contributed by atoms with Gasteiger partial charge in [0.1, 0.15) is 5.00 Å². The largest absolute Gasteiger partial charge is 0.361 e. The molecule has 10 heteroatoms. The Bertz CT molecular complexity index is 1040. The van der Waals surface area contributed by atoms with Gasteiger partial charge in [0, 0.05) is 18.1 Å². The summed E-state index contributed by atoms with van der Waals surface area (Å²) in [6, 6.07) is 5.83. The Morgan fingerprint density at radius 3 is 2.32 bits per heavy atom. The average Bonchev–Trinajstić information content (AvgIpc) is 3.10. The lowest BCUT2D eigenvalue weighted by Gasteiger charge is -2.31. The molecule has 2 heterocycles. The van der Waals surface area contributed by atoms with Crippen molar-refractivity contribution in [3.05, 3.63) is 29.3 Å². The number of benzene rings is 1. The van der Waals surface area contributed by atoms with Crippen LogP contribution in [-0.2, 0) is 19.7 Å². The molecule has 154 valence electrons. The summed E-state index contributed by atoms with van der Waals surface area (Å²) < 4.78 is 51.5. The highest BCUT2D eigenvalue weighted by Crippen LogP contribution is 2.39. The van der Waals surface area contributed by atoms with Crippen LogP contribution in [0.2, 0.25) is 5.02 Å². The van der Waals surface area contributed by atoms with Crippen molar-refractivity contribution < 1.29 is 16.8 Å². The number of aromatic nitrogens is 1. The van der Waals surface area contributed by atoms with Crippen molar-refractivity contribution >= 4 is 47.6 Å². The molecule has 2 aromatic rings. The second-order valence-corrected chi connectivity index (χ2v) is 12.6. The smallest absolute Gasteiger partial charge is 0.226 e. The quantitative estimate of drug-likeness (QED) is 0.643. The maximum Gasteiger partial charge on any atom is 0.226 e. The summed E-state index contributed by atoms with van der Waals surface area (Å²) in [5.74, 6) is 0.501. The summed E-state index contributed by atoms with van der Waals surface area (Å²) in [4.78, 5) is 6.13. The Labute approximate surface area is 175 Å². The molecule has 28 heavy (non-hydrogen) atoms. The zero-order valence-corrected chi connectivity index (χ0v) is 19.0. The van der Waals surface area contributed by atoms with Crippen LogP contribution in [0.25, 0.3) is 0 Å². The second-order valence-electron chi connectivity index (χ2n) is 7.04. The first-order valence-corrected chi connectivity index (χ1v) is 13.5. The molecule has 0 amide bonds. The third kappa shape index (κ3) is 4.37. The Hall–Kier alpha value is -1.16. The van der Waals surface area contributed by atoms with Gasteiger partial charge in [-0.15, -0.1) is 0 Å². The lowest BCUT2D eigenvalue weighted by atomic mass is 10.00. The molecular formula is C18H23ClN2O4S3. The second kappa shape index (κ2) is 8.30. The van der Waals surface area contributed by atoms with Gasteiger partial charge in [0.2, 0.25) is 24.0 Å². The third-order valence-electron chi connectivity index (χ3n) is 4.75. The van der Waals surface area contributed by atoms with Crippen molar-refractivity contribution in [1.82, 2.24) is 4.98 Å². The molecule has 0 aliphatic carbocycles. The van der Waals surface area contributed by atoms with Crippen LogP contribution in [0.4, 0.5) is 5.00 Å². The van der Waals surface area contributed by atoms with Crippen LogP contribution in [0, 0.1) is 5.92 Å². The first-order valence-electron chi connectivity index (χ1n) is 9.14. The fraction of sp³-hybridized carbons (Fsp3) is 0.500. The number of halogens is 1. The van der Waals surface area contributed by atoms with E-state index in [1.807, 2.05) is 4.90 Å². The lowest BCUT2D eigenvalue weighted by molar-refractivity contribution is 0.438. The molecule has 1 saturated heterocycles. The number of hydrogen-bond donors (Lipinski definition) is 0. The Morgan fingerprint density at radius 1 is 1.14 bits per heavy atom. The van der Waals surface area contributed by atoms with Crippen LogP contribution in [-0.4, -0.2) is 40.7 Å². The topological polar surface area (TPSA) is 84.4 Å². The molecule has 0 bridgehead atoms. The van der Waals surface area contributed by atoms with Crippen LogP contribution in [0.1, 0.15) is 33.1 Å². The van der Waals surface area contributed by atoms with E-state index < -0.39 is 19.7 Å². The van der Waals surface area contributed by atoms with Crippen LogP contribution in [0.15, 0.2) is 38.5 Å². The summed E-state index contributed by atoms with van der Waals surface area (Å²) in [5.41, 5.74) is 0. The van der Waals surface area contributed by atoms with E-state index in [9.17, 15) is 16.8 Å². The molecule has 1 aliphatic heterocycles. The molecule has 0 N–H and O–H groups in total. The minimum absolute atomic E-state index is 0.0493. The molecule has 1 aromatic heterocycles. The predicted octanol–water partition coefficient (Wildman–Crippen LogP) is 4.05. The maximum absolute atomic E-state index is 13.3. The molecule has 0 radical (unpaired) electrons. The summed E-state index contributed by atoms with van der Waals surface area (Å²) in [6.45, 7) is 5.29. The van der Waals surface area contributed by atoms with E-state index in [1.54, 1.807) is 6.92 Å². The normalized spacial score (nSPS) is 16.5. The number of rotatable bonds is 6. The highest BCUT2D eigenvalue weighted by Gasteiger charge is 2.33. The van der Waals surface area contributed by atoms with E-state index in [0.29, 0.717) is 35.5 Å². The number of thiazole rings is 1. The number of piperidine rings is 1. The number of nitrogens with zero attached hydrogens (tertiary/aromatic N) is 2. The van der Waals surface area contributed by atoms with E-state index in [1.165, 1.54) is 24.3 Å². The molecule has 0 saturated carbocycles. The highest BCUT2D eigenvalue weighted by molar-refractivity contribution is 7.94. The van der Waals surface area contributed by atoms with E-state index >= 15 is 0 Å². The average molecular weight is 463 g/mol. The first kappa shape index (κ1) is 21.5. The first-order chi connectivity index (χ1) is 13.1. The molecular weight excluding hydrogens is 440 g/mol. The van der Waals surface area contributed by atoms with E-state index in [-0.39, 0.29) is 20.0 Å². The van der Waals surface area contributed by atoms with Crippen molar-refractivity contribution in [3.63, 3.8) is 0 Å². The predicted molar refractivity (Wildman–Crippen MR) is 112 cm³/mol. The zero-order valence-electron chi connectivity index (χ0n) is 15.8. The Balaban J connectivity index is 2.12. The number of sulfone groups is 2. The van der Waals surface area contributed by atoms with Gasteiger partial charge in [0.15, 0.2) is 5.03 Å². The van der Waals surface area contributed by atoms with E-state index in [0.717, 1.165) is 24.2 Å². The van der Waals surface area contributed by atoms with Crippen molar-refractivity contribution in [3.8, 4) is 0 Å². The van der Waals surface area contributed by atoms with Crippen LogP contribution >= 0.6 is 22.9 Å². The monoisotopic (exact) mass is 462 g/mol. The summed E-state index contributed by atoms with van der Waals surface area (Å²) in [7, 11) is -7.58. The summed E-state index contributed by atoms with van der Waals surface area (Å²) >= 11 is 6.84. The number of anilines is 1. The Morgan fingerprint density at radius 2 is 1.75 bits per heavy atom.